The van der Waals surface area contributed by atoms with Crippen molar-refractivity contribution in [3.8, 4) is 11.8 Å². The van der Waals surface area contributed by atoms with Gasteiger partial charge in [0, 0.05) is 5.39 Å². The SMILES string of the molecule is O=C(O)c1ccccc1/N=N/c1ccc2cc(S(=O)(=O)O)cc(Nc3nc(O)nc(Nc4ccccc4C(=O)O)n3)c2c1O. The number of aromatic nitrogens is 3. The van der Waals surface area contributed by atoms with Gasteiger partial charge in [-0.25, -0.2) is 9.59 Å². The number of phenols is 1. The third-order valence-corrected chi connectivity index (χ3v) is 6.85. The maximum atomic E-state index is 12.0. The van der Waals surface area contributed by atoms with Gasteiger partial charge >= 0.3 is 17.9 Å². The number of phenolic OH excluding ortho intramolecular Hbond substituents is 1. The molecule has 0 spiro atoms. The van der Waals surface area contributed by atoms with Crippen LogP contribution in [0.25, 0.3) is 10.8 Å². The minimum absolute atomic E-state index is 0.00438. The highest BCUT2D eigenvalue weighted by Crippen LogP contribution is 2.42. The van der Waals surface area contributed by atoms with E-state index in [2.05, 4.69) is 35.8 Å². The predicted molar refractivity (Wildman–Crippen MR) is 154 cm³/mol. The molecular weight excluding hydrogens is 598 g/mol. The standard InChI is InChI=1S/C27H19N7O9S/c35-22-19(34-33-18-8-4-2-6-16(18)24(38)39)10-9-13-11-14(44(41,42)43)12-20(21(13)22)29-26-30-25(31-27(40)32-26)28-17-7-3-1-5-15(17)23(36)37/h1-12,35H,(H,36,37)(H,38,39)(H,41,42,43)(H3,28,29,30,31,32,40)/b34-33+. The molecule has 5 aromatic rings. The van der Waals surface area contributed by atoms with Crippen molar-refractivity contribution < 1.29 is 43.0 Å². The van der Waals surface area contributed by atoms with Crippen molar-refractivity contribution in [1.82, 2.24) is 15.0 Å². The molecule has 0 unspecified atom stereocenters. The van der Waals surface area contributed by atoms with Crippen molar-refractivity contribution in [3.05, 3.63) is 83.9 Å². The Labute approximate surface area is 246 Å². The number of hydrogen-bond donors (Lipinski definition) is 7. The lowest BCUT2D eigenvalue weighted by molar-refractivity contribution is 0.0687. The Kier molecular flexibility index (Phi) is 7.72. The smallest absolute Gasteiger partial charge is 0.337 e. The molecule has 1 heterocycles. The van der Waals surface area contributed by atoms with Crippen LogP contribution in [0.15, 0.2) is 87.9 Å². The van der Waals surface area contributed by atoms with E-state index in [9.17, 15) is 43.0 Å². The van der Waals surface area contributed by atoms with Gasteiger partial charge in [-0.3, -0.25) is 4.55 Å². The third-order valence-electron chi connectivity index (χ3n) is 6.01. The van der Waals surface area contributed by atoms with E-state index in [4.69, 9.17) is 0 Å². The Hall–Kier alpha value is -6.20. The van der Waals surface area contributed by atoms with E-state index in [1.54, 1.807) is 12.1 Å². The average Bonchev–Trinajstić information content (AvgIpc) is 2.96. The molecule has 0 amide bonds. The van der Waals surface area contributed by atoms with Gasteiger partial charge in [-0.1, -0.05) is 30.3 Å². The number of carboxylic acids is 2. The maximum absolute atomic E-state index is 12.0. The molecule has 0 saturated heterocycles. The molecule has 0 saturated carbocycles. The summed E-state index contributed by atoms with van der Waals surface area (Å²) in [7, 11) is -4.75. The number of azo groups is 1. The van der Waals surface area contributed by atoms with Crippen LogP contribution >= 0.6 is 0 Å². The number of hydrogen-bond acceptors (Lipinski definition) is 13. The molecule has 17 heteroatoms. The zero-order chi connectivity index (χ0) is 31.6. The molecule has 44 heavy (non-hydrogen) atoms. The molecule has 0 aliphatic heterocycles. The van der Waals surface area contributed by atoms with Gasteiger partial charge in [0.05, 0.1) is 27.4 Å². The number of anilines is 4. The van der Waals surface area contributed by atoms with E-state index in [0.717, 1.165) is 12.1 Å². The molecule has 0 atom stereocenters. The fraction of sp³-hybridized carbons (Fsp3) is 0. The number of aromatic hydroxyl groups is 2. The predicted octanol–water partition coefficient (Wildman–Crippen LogP) is 4.98. The van der Waals surface area contributed by atoms with Gasteiger partial charge in [0.15, 0.2) is 5.75 Å². The van der Waals surface area contributed by atoms with Gasteiger partial charge in [0.1, 0.15) is 11.4 Å². The third kappa shape index (κ3) is 6.17. The minimum Gasteiger partial charge on any atom is -0.505 e. The number of para-hydroxylation sites is 1. The van der Waals surface area contributed by atoms with Gasteiger partial charge in [-0.15, -0.1) is 10.2 Å². The van der Waals surface area contributed by atoms with Crippen molar-refractivity contribution in [3.63, 3.8) is 0 Å². The zero-order valence-electron chi connectivity index (χ0n) is 21.9. The first-order valence-corrected chi connectivity index (χ1v) is 13.7. The normalized spacial score (nSPS) is 11.5. The molecule has 4 aromatic carbocycles. The first-order valence-electron chi connectivity index (χ1n) is 12.2. The Morgan fingerprint density at radius 3 is 1.95 bits per heavy atom. The molecule has 7 N–H and O–H groups in total. The molecule has 0 aliphatic rings. The van der Waals surface area contributed by atoms with Gasteiger partial charge < -0.3 is 31.1 Å². The first kappa shape index (κ1) is 29.3. The van der Waals surface area contributed by atoms with Gasteiger partial charge in [-0.05, 0) is 47.9 Å². The van der Waals surface area contributed by atoms with Crippen LogP contribution in [-0.4, -0.2) is 60.3 Å². The number of rotatable bonds is 9. The summed E-state index contributed by atoms with van der Waals surface area (Å²) >= 11 is 0. The molecular formula is C27H19N7O9S. The van der Waals surface area contributed by atoms with E-state index in [1.807, 2.05) is 0 Å². The topological polar surface area (TPSA) is 257 Å². The number of benzene rings is 4. The number of carboxylic acid groups (broad SMARTS) is 2. The molecule has 5 rings (SSSR count). The van der Waals surface area contributed by atoms with Gasteiger partial charge in [0.25, 0.3) is 10.1 Å². The van der Waals surface area contributed by atoms with Crippen LogP contribution in [0.4, 0.5) is 34.6 Å². The quantitative estimate of drug-likeness (QED) is 0.0850. The Morgan fingerprint density at radius 1 is 0.705 bits per heavy atom. The maximum Gasteiger partial charge on any atom is 0.337 e. The van der Waals surface area contributed by atoms with Gasteiger partial charge in [0.2, 0.25) is 11.9 Å². The van der Waals surface area contributed by atoms with E-state index in [1.165, 1.54) is 48.5 Å². The summed E-state index contributed by atoms with van der Waals surface area (Å²) in [6.45, 7) is 0. The summed E-state index contributed by atoms with van der Waals surface area (Å²) < 4.78 is 33.8. The molecule has 0 radical (unpaired) electrons. The lowest BCUT2D eigenvalue weighted by Gasteiger charge is -2.14. The average molecular weight is 618 g/mol. The Morgan fingerprint density at radius 2 is 1.30 bits per heavy atom. The summed E-state index contributed by atoms with van der Waals surface area (Å²) in [5.41, 5.74) is -0.463. The van der Waals surface area contributed by atoms with Crippen molar-refractivity contribution in [2.75, 3.05) is 10.6 Å². The Bertz CT molecular complexity index is 2100. The number of fused-ring (bicyclic) bond motifs is 1. The van der Waals surface area contributed by atoms with Crippen LogP contribution in [-0.2, 0) is 10.1 Å². The van der Waals surface area contributed by atoms with E-state index in [-0.39, 0.29) is 56.5 Å². The molecule has 1 aromatic heterocycles. The van der Waals surface area contributed by atoms with E-state index in [0.29, 0.717) is 0 Å². The van der Waals surface area contributed by atoms with E-state index < -0.39 is 38.7 Å². The summed E-state index contributed by atoms with van der Waals surface area (Å²) in [5, 5.41) is 53.4. The molecule has 0 bridgehead atoms. The van der Waals surface area contributed by atoms with Crippen molar-refractivity contribution in [2.45, 2.75) is 4.90 Å². The minimum atomic E-state index is -4.75. The van der Waals surface area contributed by atoms with Crippen LogP contribution in [0.2, 0.25) is 0 Å². The van der Waals surface area contributed by atoms with Crippen molar-refractivity contribution in [1.29, 1.82) is 0 Å². The van der Waals surface area contributed by atoms with Crippen LogP contribution < -0.4 is 10.6 Å². The number of nitrogens with one attached hydrogen (secondary N) is 2. The second-order valence-electron chi connectivity index (χ2n) is 8.88. The number of aromatic carboxylic acids is 2. The highest BCUT2D eigenvalue weighted by atomic mass is 32.2. The largest absolute Gasteiger partial charge is 0.505 e. The summed E-state index contributed by atoms with van der Waals surface area (Å²) in [6, 6.07) is 15.5. The molecule has 0 aliphatic carbocycles. The van der Waals surface area contributed by atoms with Crippen molar-refractivity contribution >= 4 is 67.5 Å². The van der Waals surface area contributed by atoms with E-state index >= 15 is 0 Å². The summed E-state index contributed by atoms with van der Waals surface area (Å²) in [6.07, 6.45) is 0. The second-order valence-corrected chi connectivity index (χ2v) is 10.3. The fourth-order valence-corrected chi connectivity index (χ4v) is 4.62. The van der Waals surface area contributed by atoms with Gasteiger partial charge in [-0.2, -0.15) is 23.4 Å². The van der Waals surface area contributed by atoms with Crippen LogP contribution in [0.5, 0.6) is 11.8 Å². The summed E-state index contributed by atoms with van der Waals surface area (Å²) in [4.78, 5) is 34.1. The highest BCUT2D eigenvalue weighted by Gasteiger charge is 2.20. The monoisotopic (exact) mass is 617 g/mol. The lowest BCUT2D eigenvalue weighted by Crippen LogP contribution is -2.07. The second kappa shape index (κ2) is 11.6. The molecule has 0 fully saturated rings. The Balaban J connectivity index is 1.60. The fourth-order valence-electron chi connectivity index (χ4n) is 4.08. The zero-order valence-corrected chi connectivity index (χ0v) is 22.8. The van der Waals surface area contributed by atoms with Crippen molar-refractivity contribution in [2.24, 2.45) is 10.2 Å². The molecule has 222 valence electrons. The number of nitrogens with zero attached hydrogens (tertiary/aromatic N) is 5. The number of carbonyl (C=O) groups is 2. The highest BCUT2D eigenvalue weighted by molar-refractivity contribution is 7.85. The molecule has 16 nitrogen and oxygen atoms in total. The summed E-state index contributed by atoms with van der Waals surface area (Å²) in [5.74, 6) is -3.67. The lowest BCUT2D eigenvalue weighted by atomic mass is 10.1. The van der Waals surface area contributed by atoms with Crippen LogP contribution in [0, 0.1) is 0 Å². The first-order chi connectivity index (χ1) is 20.9. The van der Waals surface area contributed by atoms with Crippen LogP contribution in [0.1, 0.15) is 20.7 Å². The van der Waals surface area contributed by atoms with Crippen LogP contribution in [0.3, 0.4) is 0 Å².